The minimum atomic E-state index is 0.0544. The van der Waals surface area contributed by atoms with Gasteiger partial charge in [-0.05, 0) is 43.0 Å². The highest BCUT2D eigenvalue weighted by molar-refractivity contribution is 5.88. The van der Waals surface area contributed by atoms with Crippen LogP contribution in [0.2, 0.25) is 0 Å². The molecule has 122 valence electrons. The zero-order valence-electron chi connectivity index (χ0n) is 14.4. The van der Waals surface area contributed by atoms with Crippen LogP contribution in [0.4, 0.5) is 0 Å². The second-order valence-electron chi connectivity index (χ2n) is 6.13. The number of nitrogens with zero attached hydrogens (tertiary/aromatic N) is 1. The third-order valence-electron chi connectivity index (χ3n) is 4.45. The lowest BCUT2D eigenvalue weighted by Crippen LogP contribution is -2.18. The predicted octanol–water partition coefficient (Wildman–Crippen LogP) is 4.20. The molecule has 3 nitrogen and oxygen atoms in total. The quantitative estimate of drug-likeness (QED) is 0.783. The first-order chi connectivity index (χ1) is 11.6. The molecule has 2 aromatic carbocycles. The molecular formula is C21H22N2O. The molecular weight excluding hydrogens is 296 g/mol. The van der Waals surface area contributed by atoms with E-state index < -0.39 is 0 Å². The van der Waals surface area contributed by atoms with Gasteiger partial charge in [-0.1, -0.05) is 42.5 Å². The van der Waals surface area contributed by atoms with Crippen molar-refractivity contribution in [3.63, 3.8) is 0 Å². The first-order valence-corrected chi connectivity index (χ1v) is 8.26. The number of aryl methyl sites for hydroxylation is 3. The largest absolute Gasteiger partial charge is 0.359 e. The van der Waals surface area contributed by atoms with E-state index in [-0.39, 0.29) is 5.91 Å². The van der Waals surface area contributed by atoms with E-state index in [1.165, 1.54) is 11.1 Å². The number of benzene rings is 2. The number of hydrogen-bond donors (Lipinski definition) is 1. The van der Waals surface area contributed by atoms with Crippen molar-refractivity contribution >= 4 is 16.8 Å². The van der Waals surface area contributed by atoms with Gasteiger partial charge in [0.1, 0.15) is 0 Å². The van der Waals surface area contributed by atoms with Gasteiger partial charge in [-0.15, -0.1) is 0 Å². The first-order valence-electron chi connectivity index (χ1n) is 8.26. The monoisotopic (exact) mass is 318 g/mol. The molecule has 24 heavy (non-hydrogen) atoms. The lowest BCUT2D eigenvalue weighted by atomic mass is 9.98. The molecule has 1 amide bonds. The Kier molecular flexibility index (Phi) is 4.61. The highest BCUT2D eigenvalue weighted by Crippen LogP contribution is 2.28. The lowest BCUT2D eigenvalue weighted by molar-refractivity contribution is -0.120. The molecule has 0 bridgehead atoms. The minimum absolute atomic E-state index is 0.0544. The Labute approximate surface area is 142 Å². The van der Waals surface area contributed by atoms with Crippen molar-refractivity contribution in [1.29, 1.82) is 0 Å². The van der Waals surface area contributed by atoms with Gasteiger partial charge in [0, 0.05) is 24.4 Å². The standard InChI is InChI=1S/C21H22N2O/c1-14-7-4-5-9-17(14)19-13-15(2)18-10-6-8-16(21(18)23-19)11-12-20(24)22-3/h4-10,13H,11-12H2,1-3H3,(H,22,24). The summed E-state index contributed by atoms with van der Waals surface area (Å²) < 4.78 is 0. The number of para-hydroxylation sites is 1. The Morgan fingerprint density at radius 1 is 1.04 bits per heavy atom. The fraction of sp³-hybridized carbons (Fsp3) is 0.238. The summed E-state index contributed by atoms with van der Waals surface area (Å²) in [6, 6.07) is 16.7. The van der Waals surface area contributed by atoms with Crippen molar-refractivity contribution in [3.05, 3.63) is 65.2 Å². The van der Waals surface area contributed by atoms with E-state index in [9.17, 15) is 4.79 Å². The highest BCUT2D eigenvalue weighted by Gasteiger charge is 2.11. The normalized spacial score (nSPS) is 10.8. The Bertz CT molecular complexity index is 899. The molecule has 1 aromatic heterocycles. The van der Waals surface area contributed by atoms with E-state index in [1.54, 1.807) is 7.05 Å². The number of aromatic nitrogens is 1. The number of amides is 1. The van der Waals surface area contributed by atoms with Gasteiger partial charge in [-0.3, -0.25) is 4.79 Å². The summed E-state index contributed by atoms with van der Waals surface area (Å²) in [5, 5.41) is 3.83. The maximum absolute atomic E-state index is 11.6. The average molecular weight is 318 g/mol. The molecule has 0 aliphatic rings. The van der Waals surface area contributed by atoms with E-state index in [2.05, 4.69) is 49.5 Å². The lowest BCUT2D eigenvalue weighted by Gasteiger charge is -2.12. The summed E-state index contributed by atoms with van der Waals surface area (Å²) in [6.45, 7) is 4.22. The van der Waals surface area contributed by atoms with Crippen LogP contribution in [-0.4, -0.2) is 17.9 Å². The van der Waals surface area contributed by atoms with E-state index in [0.717, 1.165) is 27.7 Å². The van der Waals surface area contributed by atoms with Crippen LogP contribution in [0, 0.1) is 13.8 Å². The van der Waals surface area contributed by atoms with Crippen molar-refractivity contribution in [2.24, 2.45) is 0 Å². The van der Waals surface area contributed by atoms with Crippen molar-refractivity contribution in [3.8, 4) is 11.3 Å². The zero-order chi connectivity index (χ0) is 17.1. The maximum Gasteiger partial charge on any atom is 0.220 e. The summed E-state index contributed by atoms with van der Waals surface area (Å²) >= 11 is 0. The molecule has 0 fully saturated rings. The van der Waals surface area contributed by atoms with Gasteiger partial charge in [-0.25, -0.2) is 4.98 Å². The van der Waals surface area contributed by atoms with Gasteiger partial charge in [0.15, 0.2) is 0 Å². The Morgan fingerprint density at radius 2 is 1.83 bits per heavy atom. The number of rotatable bonds is 4. The van der Waals surface area contributed by atoms with E-state index in [1.807, 2.05) is 18.2 Å². The van der Waals surface area contributed by atoms with Crippen molar-refractivity contribution in [1.82, 2.24) is 10.3 Å². The molecule has 1 N–H and O–H groups in total. The predicted molar refractivity (Wildman–Crippen MR) is 99.0 cm³/mol. The van der Waals surface area contributed by atoms with Crippen molar-refractivity contribution < 1.29 is 4.79 Å². The van der Waals surface area contributed by atoms with Crippen LogP contribution < -0.4 is 5.32 Å². The van der Waals surface area contributed by atoms with Crippen LogP contribution in [0.5, 0.6) is 0 Å². The molecule has 3 aromatic rings. The zero-order valence-corrected chi connectivity index (χ0v) is 14.4. The molecule has 0 saturated heterocycles. The van der Waals surface area contributed by atoms with Crippen LogP contribution in [0.1, 0.15) is 23.1 Å². The third-order valence-corrected chi connectivity index (χ3v) is 4.45. The van der Waals surface area contributed by atoms with Crippen LogP contribution >= 0.6 is 0 Å². The summed E-state index contributed by atoms with van der Waals surface area (Å²) in [4.78, 5) is 16.5. The molecule has 0 saturated carbocycles. The van der Waals surface area contributed by atoms with Gasteiger partial charge < -0.3 is 5.32 Å². The number of nitrogens with one attached hydrogen (secondary N) is 1. The number of carbonyl (C=O) groups is 1. The second kappa shape index (κ2) is 6.83. The SMILES string of the molecule is CNC(=O)CCc1cccc2c(C)cc(-c3ccccc3C)nc12. The van der Waals surface area contributed by atoms with Gasteiger partial charge in [0.25, 0.3) is 0 Å². The Hall–Kier alpha value is -2.68. The van der Waals surface area contributed by atoms with Crippen LogP contribution in [0.3, 0.4) is 0 Å². The van der Waals surface area contributed by atoms with Gasteiger partial charge >= 0.3 is 0 Å². The molecule has 0 aliphatic heterocycles. The topological polar surface area (TPSA) is 42.0 Å². The molecule has 1 heterocycles. The number of carbonyl (C=O) groups excluding carboxylic acids is 1. The summed E-state index contributed by atoms with van der Waals surface area (Å²) in [5.41, 5.74) is 6.69. The third kappa shape index (κ3) is 3.16. The molecule has 3 heteroatoms. The van der Waals surface area contributed by atoms with Gasteiger partial charge in [0.05, 0.1) is 11.2 Å². The van der Waals surface area contributed by atoms with Crippen molar-refractivity contribution in [2.45, 2.75) is 26.7 Å². The first kappa shape index (κ1) is 16.2. The van der Waals surface area contributed by atoms with E-state index >= 15 is 0 Å². The molecule has 0 aliphatic carbocycles. The average Bonchev–Trinajstić information content (AvgIpc) is 2.60. The molecule has 3 rings (SSSR count). The van der Waals surface area contributed by atoms with Gasteiger partial charge in [-0.2, -0.15) is 0 Å². The fourth-order valence-electron chi connectivity index (χ4n) is 3.05. The van der Waals surface area contributed by atoms with Crippen LogP contribution in [0.25, 0.3) is 22.2 Å². The molecule has 0 radical (unpaired) electrons. The number of pyridine rings is 1. The molecule has 0 unspecified atom stereocenters. The summed E-state index contributed by atoms with van der Waals surface area (Å²) in [6.07, 6.45) is 1.17. The van der Waals surface area contributed by atoms with Crippen molar-refractivity contribution in [2.75, 3.05) is 7.05 Å². The molecule has 0 atom stereocenters. The maximum atomic E-state index is 11.6. The number of fused-ring (bicyclic) bond motifs is 1. The highest BCUT2D eigenvalue weighted by atomic mass is 16.1. The summed E-state index contributed by atoms with van der Waals surface area (Å²) in [5.74, 6) is 0.0544. The smallest absolute Gasteiger partial charge is 0.220 e. The second-order valence-corrected chi connectivity index (χ2v) is 6.13. The summed E-state index contributed by atoms with van der Waals surface area (Å²) in [7, 11) is 1.67. The van der Waals surface area contributed by atoms with Gasteiger partial charge in [0.2, 0.25) is 5.91 Å². The number of hydrogen-bond acceptors (Lipinski definition) is 2. The Balaban J connectivity index is 2.11. The van der Waals surface area contributed by atoms with Crippen LogP contribution in [0.15, 0.2) is 48.5 Å². The Morgan fingerprint density at radius 3 is 2.58 bits per heavy atom. The minimum Gasteiger partial charge on any atom is -0.359 e. The molecule has 0 spiro atoms. The fourth-order valence-corrected chi connectivity index (χ4v) is 3.05. The van der Waals surface area contributed by atoms with E-state index in [0.29, 0.717) is 12.8 Å². The van der Waals surface area contributed by atoms with E-state index in [4.69, 9.17) is 4.98 Å². The van der Waals surface area contributed by atoms with Crippen LogP contribution in [-0.2, 0) is 11.2 Å².